The summed E-state index contributed by atoms with van der Waals surface area (Å²) in [6.07, 6.45) is 4.74. The summed E-state index contributed by atoms with van der Waals surface area (Å²) in [7, 11) is -0.348. The largest absolute Gasteiger partial charge is 0.494 e. The molecule has 1 saturated heterocycles. The van der Waals surface area contributed by atoms with E-state index in [-0.39, 0.29) is 35.6 Å². The molecule has 2 unspecified atom stereocenters. The van der Waals surface area contributed by atoms with Gasteiger partial charge in [0, 0.05) is 11.8 Å². The monoisotopic (exact) mass is 514 g/mol. The Morgan fingerprint density at radius 1 is 0.692 bits per heavy atom. The zero-order chi connectivity index (χ0) is 27.6. The van der Waals surface area contributed by atoms with Crippen LogP contribution in [0.4, 0.5) is 0 Å². The molecular weight excluding hydrogens is 475 g/mol. The minimum Gasteiger partial charge on any atom is -0.399 e. The number of fused-ring (bicyclic) bond motifs is 3. The zero-order valence-electron chi connectivity index (χ0n) is 24.3. The van der Waals surface area contributed by atoms with E-state index in [1.807, 2.05) is 0 Å². The van der Waals surface area contributed by atoms with Crippen LogP contribution in [0.3, 0.4) is 0 Å². The fraction of sp³-hybridized carbons (Fsp3) is 0.333. The van der Waals surface area contributed by atoms with Crippen molar-refractivity contribution in [2.24, 2.45) is 0 Å². The third-order valence-corrected chi connectivity index (χ3v) is 9.15. The van der Waals surface area contributed by atoms with E-state index in [4.69, 9.17) is 9.31 Å². The highest BCUT2D eigenvalue weighted by Crippen LogP contribution is 2.46. The highest BCUT2D eigenvalue weighted by Gasteiger charge is 2.51. The van der Waals surface area contributed by atoms with Gasteiger partial charge in [-0.05, 0) is 77.2 Å². The number of allylic oxidation sites excluding steroid dienone is 1. The molecule has 0 aromatic heterocycles. The van der Waals surface area contributed by atoms with Gasteiger partial charge in [-0.15, -0.1) is 0 Å². The summed E-state index contributed by atoms with van der Waals surface area (Å²) >= 11 is 0. The third-order valence-electron chi connectivity index (χ3n) is 9.15. The van der Waals surface area contributed by atoms with Crippen LogP contribution in [0.2, 0.25) is 0 Å². The van der Waals surface area contributed by atoms with Crippen LogP contribution in [0.25, 0.3) is 16.8 Å². The molecule has 39 heavy (non-hydrogen) atoms. The summed E-state index contributed by atoms with van der Waals surface area (Å²) in [5.74, 6) is 0.456. The van der Waals surface area contributed by atoms with Crippen molar-refractivity contribution in [3.8, 4) is 0 Å². The number of benzene rings is 4. The molecule has 0 amide bonds. The Morgan fingerprint density at radius 3 is 1.95 bits per heavy atom. The van der Waals surface area contributed by atoms with Crippen molar-refractivity contribution in [2.45, 2.75) is 76.9 Å². The molecule has 0 saturated carbocycles. The second-order valence-electron chi connectivity index (χ2n) is 13.3. The molecule has 1 aliphatic carbocycles. The summed E-state index contributed by atoms with van der Waals surface area (Å²) in [5, 5.41) is 2.60. The quantitative estimate of drug-likeness (QED) is 0.256. The molecule has 1 aliphatic heterocycles. The second kappa shape index (κ2) is 9.22. The lowest BCUT2D eigenvalue weighted by atomic mass is 9.70. The van der Waals surface area contributed by atoms with Crippen molar-refractivity contribution in [3.05, 3.63) is 119 Å². The summed E-state index contributed by atoms with van der Waals surface area (Å²) in [5.41, 5.74) is 7.23. The van der Waals surface area contributed by atoms with Gasteiger partial charge in [-0.1, -0.05) is 118 Å². The summed E-state index contributed by atoms with van der Waals surface area (Å²) in [6, 6.07) is 31.5. The molecule has 6 rings (SSSR count). The second-order valence-corrected chi connectivity index (χ2v) is 13.3. The van der Waals surface area contributed by atoms with E-state index in [9.17, 15) is 0 Å². The van der Waals surface area contributed by atoms with Gasteiger partial charge in [-0.2, -0.15) is 0 Å². The van der Waals surface area contributed by atoms with E-state index < -0.39 is 0 Å². The molecule has 0 spiro atoms. The summed E-state index contributed by atoms with van der Waals surface area (Å²) in [6.45, 7) is 15.2. The summed E-state index contributed by atoms with van der Waals surface area (Å²) < 4.78 is 12.6. The Labute approximate surface area is 234 Å². The molecule has 198 valence electrons. The maximum atomic E-state index is 6.32. The molecule has 4 aromatic carbocycles. The molecular formula is C36H39BO2. The lowest BCUT2D eigenvalue weighted by molar-refractivity contribution is 0.00578. The predicted molar refractivity (Wildman–Crippen MR) is 165 cm³/mol. The normalized spacial score (nSPS) is 21.8. The smallest absolute Gasteiger partial charge is 0.399 e. The molecule has 3 heteroatoms. The highest BCUT2D eigenvalue weighted by atomic mass is 16.7. The summed E-state index contributed by atoms with van der Waals surface area (Å²) in [4.78, 5) is 0. The first kappa shape index (κ1) is 26.1. The van der Waals surface area contributed by atoms with Crippen LogP contribution in [0.5, 0.6) is 0 Å². The molecule has 0 radical (unpaired) electrons. The van der Waals surface area contributed by atoms with Crippen LogP contribution in [-0.2, 0) is 14.7 Å². The van der Waals surface area contributed by atoms with Crippen molar-refractivity contribution in [1.29, 1.82) is 0 Å². The standard InChI is InChI=1S/C36H39BO2/c1-34(2,3)27-17-12-26(13-18-27)33-30(22-23-31-29-11-9-8-10-24(29)16-21-32(31)33)25-14-19-28(20-15-25)37-38-35(4,5)36(6,7)39-37/h8-23,30,33H,1-7H3. The Kier molecular flexibility index (Phi) is 6.17. The SMILES string of the molecule is CC(C)(C)c1ccc(C2c3ccc4ccccc4c3C=CC2c2ccc(B3OC(C)(C)C(C)(C)O3)cc2)cc1. The third kappa shape index (κ3) is 4.56. The van der Waals surface area contributed by atoms with Crippen molar-refractivity contribution in [2.75, 3.05) is 0 Å². The van der Waals surface area contributed by atoms with Gasteiger partial charge in [0.15, 0.2) is 0 Å². The maximum Gasteiger partial charge on any atom is 0.494 e. The predicted octanol–water partition coefficient (Wildman–Crippen LogP) is 8.38. The van der Waals surface area contributed by atoms with Gasteiger partial charge < -0.3 is 9.31 Å². The van der Waals surface area contributed by atoms with Crippen LogP contribution >= 0.6 is 0 Å². The van der Waals surface area contributed by atoms with Crippen molar-refractivity contribution >= 4 is 29.4 Å². The van der Waals surface area contributed by atoms with Gasteiger partial charge in [0.25, 0.3) is 0 Å². The van der Waals surface area contributed by atoms with Gasteiger partial charge in [-0.3, -0.25) is 0 Å². The van der Waals surface area contributed by atoms with Gasteiger partial charge in [0.2, 0.25) is 0 Å². The highest BCUT2D eigenvalue weighted by molar-refractivity contribution is 6.62. The average molecular weight is 515 g/mol. The molecule has 1 heterocycles. The van der Waals surface area contributed by atoms with Gasteiger partial charge in [0.1, 0.15) is 0 Å². The number of rotatable bonds is 3. The molecule has 2 aliphatic rings. The van der Waals surface area contributed by atoms with Gasteiger partial charge >= 0.3 is 7.12 Å². The average Bonchev–Trinajstić information content (AvgIpc) is 3.14. The number of hydrogen-bond donors (Lipinski definition) is 0. The van der Waals surface area contributed by atoms with Crippen molar-refractivity contribution in [1.82, 2.24) is 0 Å². The van der Waals surface area contributed by atoms with E-state index in [2.05, 4.69) is 146 Å². The minimum atomic E-state index is -0.348. The molecule has 2 atom stereocenters. The van der Waals surface area contributed by atoms with E-state index in [0.717, 1.165) is 5.46 Å². The lowest BCUT2D eigenvalue weighted by Crippen LogP contribution is -2.41. The first-order valence-corrected chi connectivity index (χ1v) is 14.2. The van der Waals surface area contributed by atoms with E-state index in [1.165, 1.54) is 38.6 Å². The number of hydrogen-bond acceptors (Lipinski definition) is 2. The van der Waals surface area contributed by atoms with Crippen LogP contribution in [0.1, 0.15) is 88.1 Å². The Balaban J connectivity index is 1.41. The zero-order valence-corrected chi connectivity index (χ0v) is 24.3. The first-order valence-electron chi connectivity index (χ1n) is 14.2. The van der Waals surface area contributed by atoms with Crippen LogP contribution < -0.4 is 5.46 Å². The van der Waals surface area contributed by atoms with Crippen LogP contribution in [-0.4, -0.2) is 18.3 Å². The minimum absolute atomic E-state index is 0.127. The first-order chi connectivity index (χ1) is 18.4. The van der Waals surface area contributed by atoms with Crippen molar-refractivity contribution < 1.29 is 9.31 Å². The van der Waals surface area contributed by atoms with E-state index >= 15 is 0 Å². The van der Waals surface area contributed by atoms with Crippen LogP contribution in [0.15, 0.2) is 91.0 Å². The Bertz CT molecular complexity index is 1520. The van der Waals surface area contributed by atoms with Crippen molar-refractivity contribution in [3.63, 3.8) is 0 Å². The molecule has 0 N–H and O–H groups in total. The maximum absolute atomic E-state index is 6.32. The molecule has 1 fully saturated rings. The van der Waals surface area contributed by atoms with E-state index in [0.29, 0.717) is 0 Å². The topological polar surface area (TPSA) is 18.5 Å². The van der Waals surface area contributed by atoms with E-state index in [1.54, 1.807) is 0 Å². The molecule has 2 nitrogen and oxygen atoms in total. The van der Waals surface area contributed by atoms with Gasteiger partial charge in [-0.25, -0.2) is 0 Å². The molecule has 4 aromatic rings. The Morgan fingerprint density at radius 2 is 1.31 bits per heavy atom. The van der Waals surface area contributed by atoms with Crippen LogP contribution in [0, 0.1) is 0 Å². The fourth-order valence-electron chi connectivity index (χ4n) is 6.01. The molecule has 0 bridgehead atoms. The Hall–Kier alpha value is -3.14. The van der Waals surface area contributed by atoms with Gasteiger partial charge in [0.05, 0.1) is 11.2 Å². The fourth-order valence-corrected chi connectivity index (χ4v) is 6.01. The lowest BCUT2D eigenvalue weighted by Gasteiger charge is -2.32.